The smallest absolute Gasteiger partial charge is 0.160 e. The van der Waals surface area contributed by atoms with Gasteiger partial charge < -0.3 is 0 Å². The number of thiophene rings is 2. The summed E-state index contributed by atoms with van der Waals surface area (Å²) in [6.07, 6.45) is 9.43. The molecule has 0 atom stereocenters. The standard InChI is InChI=1S/C14H10O2S2/c15-9-13-7-5-11(17-13)3-1-2-4-12-6-8-14(10-16)18-12/h1-10H/b3-1+,4-2+. The fourth-order valence-corrected chi connectivity index (χ4v) is 2.82. The molecule has 0 amide bonds. The molecule has 2 rings (SSSR count). The van der Waals surface area contributed by atoms with Crippen molar-refractivity contribution in [2.75, 3.05) is 0 Å². The van der Waals surface area contributed by atoms with E-state index >= 15 is 0 Å². The highest BCUT2D eigenvalue weighted by molar-refractivity contribution is 7.14. The SMILES string of the molecule is O=Cc1ccc(/C=C/C=C/c2ccc(C=O)s2)s1. The Morgan fingerprint density at radius 1 is 0.667 bits per heavy atom. The van der Waals surface area contributed by atoms with Crippen LogP contribution in [-0.4, -0.2) is 12.6 Å². The van der Waals surface area contributed by atoms with Gasteiger partial charge in [0.2, 0.25) is 0 Å². The fourth-order valence-electron chi connectivity index (χ4n) is 1.34. The number of aldehydes is 2. The van der Waals surface area contributed by atoms with Gasteiger partial charge in [-0.2, -0.15) is 0 Å². The van der Waals surface area contributed by atoms with Crippen molar-refractivity contribution in [2.24, 2.45) is 0 Å². The Morgan fingerprint density at radius 3 is 1.39 bits per heavy atom. The van der Waals surface area contributed by atoms with Crippen LogP contribution in [0.3, 0.4) is 0 Å². The van der Waals surface area contributed by atoms with E-state index < -0.39 is 0 Å². The summed E-state index contributed by atoms with van der Waals surface area (Å²) in [5.74, 6) is 0. The predicted molar refractivity (Wildman–Crippen MR) is 77.5 cm³/mol. The van der Waals surface area contributed by atoms with Gasteiger partial charge in [0.1, 0.15) is 0 Å². The molecule has 2 nitrogen and oxygen atoms in total. The van der Waals surface area contributed by atoms with E-state index in [-0.39, 0.29) is 0 Å². The Balaban J connectivity index is 1.97. The van der Waals surface area contributed by atoms with E-state index in [2.05, 4.69) is 0 Å². The monoisotopic (exact) mass is 274 g/mol. The van der Waals surface area contributed by atoms with Gasteiger partial charge in [0.05, 0.1) is 9.75 Å². The van der Waals surface area contributed by atoms with Crippen molar-refractivity contribution >= 4 is 47.4 Å². The van der Waals surface area contributed by atoms with Crippen molar-refractivity contribution in [1.82, 2.24) is 0 Å². The molecule has 0 bridgehead atoms. The summed E-state index contributed by atoms with van der Waals surface area (Å²) in [6.45, 7) is 0. The van der Waals surface area contributed by atoms with Gasteiger partial charge in [-0.1, -0.05) is 12.2 Å². The van der Waals surface area contributed by atoms with Crippen LogP contribution in [0.25, 0.3) is 12.2 Å². The summed E-state index contributed by atoms with van der Waals surface area (Å²) in [5, 5.41) is 0. The van der Waals surface area contributed by atoms with Gasteiger partial charge >= 0.3 is 0 Å². The Kier molecular flexibility index (Phi) is 4.39. The molecule has 0 unspecified atom stereocenters. The largest absolute Gasteiger partial charge is 0.297 e. The third-order valence-corrected chi connectivity index (χ3v) is 4.11. The minimum Gasteiger partial charge on any atom is -0.297 e. The van der Waals surface area contributed by atoms with E-state index in [1.807, 2.05) is 36.4 Å². The van der Waals surface area contributed by atoms with E-state index in [1.165, 1.54) is 22.7 Å². The fraction of sp³-hybridized carbons (Fsp3) is 0. The Bertz CT molecular complexity index is 549. The van der Waals surface area contributed by atoms with Crippen LogP contribution in [-0.2, 0) is 0 Å². The average molecular weight is 274 g/mol. The van der Waals surface area contributed by atoms with Gasteiger partial charge in [-0.15, -0.1) is 22.7 Å². The summed E-state index contributed by atoms with van der Waals surface area (Å²) in [7, 11) is 0. The molecular formula is C14H10O2S2. The van der Waals surface area contributed by atoms with E-state index in [0.717, 1.165) is 32.1 Å². The van der Waals surface area contributed by atoms with E-state index in [4.69, 9.17) is 0 Å². The minimum atomic E-state index is 0.729. The highest BCUT2D eigenvalue weighted by Gasteiger charge is 1.94. The second-order valence-electron chi connectivity index (χ2n) is 3.43. The molecule has 4 heteroatoms. The molecule has 0 N–H and O–H groups in total. The molecular weight excluding hydrogens is 264 g/mol. The van der Waals surface area contributed by atoms with E-state index in [9.17, 15) is 9.59 Å². The van der Waals surface area contributed by atoms with Gasteiger partial charge in [-0.3, -0.25) is 9.59 Å². The molecule has 2 aromatic rings. The summed E-state index contributed by atoms with van der Waals surface area (Å²) < 4.78 is 0. The molecule has 0 radical (unpaired) electrons. The van der Waals surface area contributed by atoms with Crippen molar-refractivity contribution in [3.63, 3.8) is 0 Å². The maximum atomic E-state index is 10.5. The van der Waals surface area contributed by atoms with Crippen molar-refractivity contribution in [3.8, 4) is 0 Å². The molecule has 0 aliphatic heterocycles. The lowest BCUT2D eigenvalue weighted by Gasteiger charge is -1.82. The highest BCUT2D eigenvalue weighted by atomic mass is 32.1. The quantitative estimate of drug-likeness (QED) is 0.606. The maximum absolute atomic E-state index is 10.5. The molecule has 0 aliphatic rings. The van der Waals surface area contributed by atoms with Gasteiger partial charge in [-0.25, -0.2) is 0 Å². The van der Waals surface area contributed by atoms with Crippen LogP contribution < -0.4 is 0 Å². The average Bonchev–Trinajstić information content (AvgIpc) is 3.03. The molecule has 90 valence electrons. The van der Waals surface area contributed by atoms with Gasteiger partial charge in [0.15, 0.2) is 12.6 Å². The molecule has 0 aromatic carbocycles. The first-order chi connectivity index (χ1) is 8.81. The Hall–Kier alpha value is -1.78. The Morgan fingerprint density at radius 2 is 1.06 bits per heavy atom. The zero-order valence-electron chi connectivity index (χ0n) is 9.41. The van der Waals surface area contributed by atoms with Crippen molar-refractivity contribution < 1.29 is 9.59 Å². The lowest BCUT2D eigenvalue weighted by Crippen LogP contribution is -1.62. The highest BCUT2D eigenvalue weighted by Crippen LogP contribution is 2.17. The van der Waals surface area contributed by atoms with Crippen molar-refractivity contribution in [3.05, 3.63) is 55.9 Å². The van der Waals surface area contributed by atoms with Crippen LogP contribution in [0.4, 0.5) is 0 Å². The summed E-state index contributed by atoms with van der Waals surface area (Å²) in [5.41, 5.74) is 0. The predicted octanol–water partition coefficient (Wildman–Crippen LogP) is 4.16. The first-order valence-electron chi connectivity index (χ1n) is 5.26. The van der Waals surface area contributed by atoms with Crippen LogP contribution in [0.15, 0.2) is 36.4 Å². The normalized spacial score (nSPS) is 11.3. The molecule has 0 saturated heterocycles. The zero-order chi connectivity index (χ0) is 12.8. The Labute approximate surface area is 113 Å². The molecule has 0 spiro atoms. The first kappa shape index (κ1) is 12.7. The molecule has 0 fully saturated rings. The first-order valence-corrected chi connectivity index (χ1v) is 6.90. The lowest BCUT2D eigenvalue weighted by atomic mass is 10.3. The molecule has 2 aromatic heterocycles. The number of rotatable bonds is 5. The summed E-state index contributed by atoms with van der Waals surface area (Å²) >= 11 is 2.91. The maximum Gasteiger partial charge on any atom is 0.160 e. The van der Waals surface area contributed by atoms with Crippen LogP contribution in [0.5, 0.6) is 0 Å². The van der Waals surface area contributed by atoms with Crippen LogP contribution in [0.2, 0.25) is 0 Å². The van der Waals surface area contributed by atoms with Crippen LogP contribution in [0, 0.1) is 0 Å². The topological polar surface area (TPSA) is 34.1 Å². The van der Waals surface area contributed by atoms with Crippen LogP contribution >= 0.6 is 22.7 Å². The van der Waals surface area contributed by atoms with Gasteiger partial charge in [0.25, 0.3) is 0 Å². The van der Waals surface area contributed by atoms with Crippen molar-refractivity contribution in [2.45, 2.75) is 0 Å². The van der Waals surface area contributed by atoms with Crippen LogP contribution in [0.1, 0.15) is 29.1 Å². The van der Waals surface area contributed by atoms with Crippen molar-refractivity contribution in [1.29, 1.82) is 0 Å². The summed E-state index contributed by atoms with van der Waals surface area (Å²) in [4.78, 5) is 24.6. The number of carbonyl (C=O) groups excluding carboxylic acids is 2. The lowest BCUT2D eigenvalue weighted by molar-refractivity contribution is 0.111. The summed E-state index contributed by atoms with van der Waals surface area (Å²) in [6, 6.07) is 7.43. The zero-order valence-corrected chi connectivity index (χ0v) is 11.0. The molecule has 0 saturated carbocycles. The van der Waals surface area contributed by atoms with E-state index in [0.29, 0.717) is 0 Å². The van der Waals surface area contributed by atoms with Gasteiger partial charge in [-0.05, 0) is 36.4 Å². The second-order valence-corrected chi connectivity index (χ2v) is 5.73. The molecule has 0 aliphatic carbocycles. The van der Waals surface area contributed by atoms with Gasteiger partial charge in [0, 0.05) is 9.75 Å². The third kappa shape index (κ3) is 3.35. The number of hydrogen-bond acceptors (Lipinski definition) is 4. The minimum absolute atomic E-state index is 0.729. The number of allylic oxidation sites excluding steroid dienone is 2. The number of carbonyl (C=O) groups is 2. The molecule has 2 heterocycles. The molecule has 18 heavy (non-hydrogen) atoms. The second kappa shape index (κ2) is 6.23. The van der Waals surface area contributed by atoms with E-state index in [1.54, 1.807) is 12.1 Å². The number of hydrogen-bond donors (Lipinski definition) is 0. The third-order valence-electron chi connectivity index (χ3n) is 2.16.